The fraction of sp³-hybridized carbons (Fsp3) is 0.278. The molecule has 3 rings (SSSR count). The minimum absolute atomic E-state index is 0.0185. The predicted octanol–water partition coefficient (Wildman–Crippen LogP) is 2.98. The SMILES string of the molecule is CON1C[C@H](c2ccc(C(F)(F)F)cc2)[C@@H](C(=O)Nc2cccc(F)n2)C1=O. The van der Waals surface area contributed by atoms with E-state index in [4.69, 9.17) is 4.84 Å². The lowest BCUT2D eigenvalue weighted by molar-refractivity contribution is -0.170. The first-order valence-electron chi connectivity index (χ1n) is 8.17. The molecule has 10 heteroatoms. The molecule has 0 saturated carbocycles. The summed E-state index contributed by atoms with van der Waals surface area (Å²) in [5.41, 5.74) is -0.470. The molecule has 0 aliphatic carbocycles. The highest BCUT2D eigenvalue weighted by Crippen LogP contribution is 2.36. The smallest absolute Gasteiger partial charge is 0.310 e. The van der Waals surface area contributed by atoms with E-state index >= 15 is 0 Å². The van der Waals surface area contributed by atoms with E-state index in [0.29, 0.717) is 5.56 Å². The number of carbonyl (C=O) groups is 2. The Labute approximate surface area is 157 Å². The van der Waals surface area contributed by atoms with Crippen LogP contribution in [0.4, 0.5) is 23.4 Å². The average molecular weight is 397 g/mol. The molecule has 2 atom stereocenters. The number of hydrogen-bond donors (Lipinski definition) is 1. The van der Waals surface area contributed by atoms with Crippen LogP contribution in [-0.4, -0.2) is 35.5 Å². The Morgan fingerprint density at radius 1 is 1.21 bits per heavy atom. The van der Waals surface area contributed by atoms with Crippen LogP contribution in [0.15, 0.2) is 42.5 Å². The van der Waals surface area contributed by atoms with Crippen LogP contribution in [0.5, 0.6) is 0 Å². The van der Waals surface area contributed by atoms with E-state index in [1.54, 1.807) is 0 Å². The normalized spacial score (nSPS) is 19.8. The molecule has 0 radical (unpaired) electrons. The Hall–Kier alpha value is -3.01. The van der Waals surface area contributed by atoms with Crippen molar-refractivity contribution >= 4 is 17.6 Å². The molecular weight excluding hydrogens is 382 g/mol. The van der Waals surface area contributed by atoms with Crippen LogP contribution in [0.1, 0.15) is 17.0 Å². The van der Waals surface area contributed by atoms with E-state index in [1.165, 1.54) is 31.4 Å². The first-order valence-corrected chi connectivity index (χ1v) is 8.17. The molecule has 148 valence electrons. The first-order chi connectivity index (χ1) is 13.2. The number of nitrogens with zero attached hydrogens (tertiary/aromatic N) is 2. The fourth-order valence-electron chi connectivity index (χ4n) is 3.06. The van der Waals surface area contributed by atoms with Crippen LogP contribution in [0, 0.1) is 11.9 Å². The number of pyridine rings is 1. The zero-order valence-electron chi connectivity index (χ0n) is 14.5. The van der Waals surface area contributed by atoms with Crippen molar-refractivity contribution in [2.45, 2.75) is 12.1 Å². The summed E-state index contributed by atoms with van der Waals surface area (Å²) in [6, 6.07) is 8.00. The number of rotatable bonds is 4. The molecule has 6 nitrogen and oxygen atoms in total. The lowest BCUT2D eigenvalue weighted by Crippen LogP contribution is -2.33. The van der Waals surface area contributed by atoms with Gasteiger partial charge in [0.1, 0.15) is 11.7 Å². The van der Waals surface area contributed by atoms with Gasteiger partial charge in [0.15, 0.2) is 0 Å². The topological polar surface area (TPSA) is 71.5 Å². The highest BCUT2D eigenvalue weighted by Gasteiger charge is 2.46. The van der Waals surface area contributed by atoms with Gasteiger partial charge >= 0.3 is 6.18 Å². The molecule has 1 aromatic heterocycles. The molecule has 1 aliphatic heterocycles. The molecule has 0 unspecified atom stereocenters. The molecule has 0 bridgehead atoms. The van der Waals surface area contributed by atoms with E-state index < -0.39 is 41.3 Å². The number of anilines is 1. The van der Waals surface area contributed by atoms with Gasteiger partial charge in [-0.2, -0.15) is 17.6 Å². The van der Waals surface area contributed by atoms with Gasteiger partial charge in [0.25, 0.3) is 5.91 Å². The van der Waals surface area contributed by atoms with Gasteiger partial charge in [0.2, 0.25) is 11.9 Å². The summed E-state index contributed by atoms with van der Waals surface area (Å²) >= 11 is 0. The molecule has 1 N–H and O–H groups in total. The van der Waals surface area contributed by atoms with Gasteiger partial charge in [0, 0.05) is 5.92 Å². The maximum absolute atomic E-state index is 13.2. The second-order valence-corrected chi connectivity index (χ2v) is 6.12. The van der Waals surface area contributed by atoms with Crippen molar-refractivity contribution < 1.29 is 32.0 Å². The third-order valence-electron chi connectivity index (χ3n) is 4.41. The largest absolute Gasteiger partial charge is 0.416 e. The summed E-state index contributed by atoms with van der Waals surface area (Å²) in [6.45, 7) is -0.0185. The van der Waals surface area contributed by atoms with E-state index in [0.717, 1.165) is 23.3 Å². The second-order valence-electron chi connectivity index (χ2n) is 6.12. The van der Waals surface area contributed by atoms with Crippen molar-refractivity contribution in [3.05, 3.63) is 59.5 Å². The Kier molecular flexibility index (Phi) is 5.32. The molecular formula is C18H15F4N3O3. The number of benzene rings is 1. The average Bonchev–Trinajstić information content (AvgIpc) is 2.97. The van der Waals surface area contributed by atoms with Crippen molar-refractivity contribution in [2.24, 2.45) is 5.92 Å². The highest BCUT2D eigenvalue weighted by molar-refractivity contribution is 6.08. The van der Waals surface area contributed by atoms with Gasteiger partial charge < -0.3 is 5.32 Å². The van der Waals surface area contributed by atoms with Crippen molar-refractivity contribution in [1.82, 2.24) is 10.0 Å². The van der Waals surface area contributed by atoms with Crippen molar-refractivity contribution in [1.29, 1.82) is 0 Å². The van der Waals surface area contributed by atoms with Gasteiger partial charge in [0.05, 0.1) is 19.2 Å². The van der Waals surface area contributed by atoms with E-state index in [9.17, 15) is 27.2 Å². The summed E-state index contributed by atoms with van der Waals surface area (Å²) in [6.07, 6.45) is -4.50. The molecule has 2 aromatic rings. The number of halogens is 4. The predicted molar refractivity (Wildman–Crippen MR) is 89.2 cm³/mol. The summed E-state index contributed by atoms with van der Waals surface area (Å²) in [7, 11) is 1.25. The lowest BCUT2D eigenvalue weighted by Gasteiger charge is -2.17. The molecule has 28 heavy (non-hydrogen) atoms. The van der Waals surface area contributed by atoms with E-state index in [2.05, 4.69) is 10.3 Å². The first kappa shape index (κ1) is 19.7. The molecule has 2 amide bonds. The third-order valence-corrected chi connectivity index (χ3v) is 4.41. The Morgan fingerprint density at radius 2 is 1.89 bits per heavy atom. The number of alkyl halides is 3. The second kappa shape index (κ2) is 7.55. The Morgan fingerprint density at radius 3 is 2.46 bits per heavy atom. The number of aromatic nitrogens is 1. The van der Waals surface area contributed by atoms with Crippen molar-refractivity contribution in [3.63, 3.8) is 0 Å². The number of carbonyl (C=O) groups excluding carboxylic acids is 2. The minimum Gasteiger partial charge on any atom is -0.310 e. The summed E-state index contributed by atoms with van der Waals surface area (Å²) < 4.78 is 51.5. The van der Waals surface area contributed by atoms with Gasteiger partial charge in [-0.05, 0) is 29.8 Å². The van der Waals surface area contributed by atoms with Crippen LogP contribution in [0.3, 0.4) is 0 Å². The van der Waals surface area contributed by atoms with Crippen LogP contribution in [0.2, 0.25) is 0 Å². The fourth-order valence-corrected chi connectivity index (χ4v) is 3.06. The standard InChI is InChI=1S/C18H15F4N3O3/c1-28-25-9-12(10-5-7-11(8-6-10)18(20,21)22)15(17(25)27)16(26)24-14-4-2-3-13(19)23-14/h2-8,12,15H,9H2,1H3,(H,23,24,26)/t12-,15+/m1/s1. The number of nitrogens with one attached hydrogen (secondary N) is 1. The number of hydroxylamine groups is 2. The molecule has 1 aromatic carbocycles. The maximum atomic E-state index is 13.2. The van der Waals surface area contributed by atoms with E-state index in [1.807, 2.05) is 0 Å². The zero-order chi connectivity index (χ0) is 20.5. The molecule has 1 saturated heterocycles. The zero-order valence-corrected chi connectivity index (χ0v) is 14.5. The molecule has 2 heterocycles. The highest BCUT2D eigenvalue weighted by atomic mass is 19.4. The van der Waals surface area contributed by atoms with Crippen LogP contribution in [-0.2, 0) is 20.6 Å². The molecule has 0 spiro atoms. The maximum Gasteiger partial charge on any atom is 0.416 e. The molecule has 1 fully saturated rings. The molecule has 1 aliphatic rings. The summed E-state index contributed by atoms with van der Waals surface area (Å²) in [4.78, 5) is 33.6. The number of amides is 2. The van der Waals surface area contributed by atoms with Gasteiger partial charge in [-0.15, -0.1) is 0 Å². The minimum atomic E-state index is -4.50. The van der Waals surface area contributed by atoms with Crippen molar-refractivity contribution in [2.75, 3.05) is 19.0 Å². The lowest BCUT2D eigenvalue weighted by atomic mass is 9.87. The quantitative estimate of drug-likeness (QED) is 0.489. The van der Waals surface area contributed by atoms with Crippen molar-refractivity contribution in [3.8, 4) is 0 Å². The van der Waals surface area contributed by atoms with Crippen LogP contribution < -0.4 is 5.32 Å². The van der Waals surface area contributed by atoms with Crippen LogP contribution >= 0.6 is 0 Å². The monoisotopic (exact) mass is 397 g/mol. The third kappa shape index (κ3) is 3.96. The van der Waals surface area contributed by atoms with Crippen LogP contribution in [0.25, 0.3) is 0 Å². The summed E-state index contributed by atoms with van der Waals surface area (Å²) in [5.74, 6) is -4.31. The van der Waals surface area contributed by atoms with Gasteiger partial charge in [-0.25, -0.2) is 10.0 Å². The Bertz CT molecular complexity index is 886. The number of hydrogen-bond acceptors (Lipinski definition) is 4. The van der Waals surface area contributed by atoms with Gasteiger partial charge in [-0.3, -0.25) is 14.4 Å². The summed E-state index contributed by atoms with van der Waals surface area (Å²) in [5, 5.41) is 3.33. The van der Waals surface area contributed by atoms with Gasteiger partial charge in [-0.1, -0.05) is 18.2 Å². The van der Waals surface area contributed by atoms with E-state index in [-0.39, 0.29) is 12.4 Å². The Balaban J connectivity index is 1.88.